The van der Waals surface area contributed by atoms with Crippen molar-refractivity contribution in [3.63, 3.8) is 0 Å². The van der Waals surface area contributed by atoms with Gasteiger partial charge in [0, 0.05) is 18.4 Å². The molecule has 4 aliphatic rings. The van der Waals surface area contributed by atoms with Crippen LogP contribution in [0, 0.1) is 30.6 Å². The molecule has 0 aromatic carbocycles. The van der Waals surface area contributed by atoms with E-state index in [4.69, 9.17) is 0 Å². The Morgan fingerprint density at radius 3 is 1.40 bits per heavy atom. The molecule has 10 heteroatoms. The van der Waals surface area contributed by atoms with E-state index in [0.29, 0.717) is 34.0 Å². The number of nitrogens with zero attached hydrogens (tertiary/aromatic N) is 1. The molecule has 1 saturated heterocycles. The summed E-state index contributed by atoms with van der Waals surface area (Å²) in [5.74, 6) is 4.23. The van der Waals surface area contributed by atoms with Crippen LogP contribution >= 0.6 is 122 Å². The second kappa shape index (κ2) is 37.6. The number of Topliss-reactive ketones (excluding diaryl/α,β-unsaturated/α-hetero) is 1. The molecule has 0 aromatic heterocycles. The van der Waals surface area contributed by atoms with Crippen LogP contribution in [-0.4, -0.2) is 31.7 Å². The fraction of sp³-hybridized carbons (Fsp3) is 0.938. The topological polar surface area (TPSA) is 20.3 Å². The van der Waals surface area contributed by atoms with E-state index in [-0.39, 0.29) is 0 Å². The summed E-state index contributed by atoms with van der Waals surface area (Å²) in [6.07, 6.45) is 21.0. The minimum absolute atomic E-state index is 0.461. The van der Waals surface area contributed by atoms with Crippen molar-refractivity contribution in [1.29, 1.82) is 0 Å². The van der Waals surface area contributed by atoms with E-state index in [2.05, 4.69) is 169 Å². The van der Waals surface area contributed by atoms with Gasteiger partial charge in [0.05, 0.1) is 2.43 Å². The molecular weight excluding hydrogens is 1350 g/mol. The van der Waals surface area contributed by atoms with Crippen molar-refractivity contribution in [3.8, 4) is 0 Å². The molecule has 0 radical (unpaired) electrons. The summed E-state index contributed by atoms with van der Waals surface area (Å²) in [5.41, 5.74) is 0.548. The summed E-state index contributed by atoms with van der Waals surface area (Å²) < 4.78 is 1.19. The molecule has 0 unspecified atom stereocenters. The standard InChI is InChI=1S/C14H27N.C7H12O.C7H14.C3H7.CH2I2.I3.2HI.V/c1-12-4-8-14(3,9-5-12)15-10-6-13(2)7-11-15;1-6-2-4-7(8)5-3-6;1-7-5-3-2-4-6-7;1-3-2;2-1-3;1-3-2;;;/h12-13H,4-11H2,1-3H3;6H,2-5H2,1H3;7H,2-6H2,1H3;1,3H2,2H3;1H2;;2*1H;/q;;;-1;;-1;;;+2/p-2. The summed E-state index contributed by atoms with van der Waals surface area (Å²) in [6, 6.07) is 0. The van der Waals surface area contributed by atoms with Crippen LogP contribution in [-0.2, 0) is 14.3 Å². The van der Waals surface area contributed by atoms with Crippen LogP contribution in [0.1, 0.15) is 144 Å². The maximum absolute atomic E-state index is 10.6. The molecule has 42 heavy (non-hydrogen) atoms. The Bertz CT molecular complexity index is 537. The van der Waals surface area contributed by atoms with Crippen molar-refractivity contribution >= 4 is 128 Å². The Morgan fingerprint density at radius 1 is 0.786 bits per heavy atom. The molecule has 257 valence electrons. The average molecular weight is 1420 g/mol. The molecule has 4 fully saturated rings. The molecule has 3 aliphatic carbocycles. The third-order valence-corrected chi connectivity index (χ3v) is 8.62. The molecule has 1 heterocycles. The number of hydrogen-bond donors (Lipinski definition) is 0. The number of likely N-dealkylation sites (tertiary alicyclic amines) is 1. The van der Waals surface area contributed by atoms with Gasteiger partial charge >= 0.3 is 99.9 Å². The van der Waals surface area contributed by atoms with Gasteiger partial charge in [0.15, 0.2) is 0 Å². The Kier molecular flexibility index (Phi) is 46.2. The van der Waals surface area contributed by atoms with Crippen molar-refractivity contribution in [3.05, 3.63) is 6.92 Å². The van der Waals surface area contributed by atoms with Gasteiger partial charge in [-0.2, -0.15) is 6.42 Å². The number of hydrogen-bond acceptors (Lipinski definition) is 2. The van der Waals surface area contributed by atoms with E-state index in [1.54, 1.807) is 0 Å². The van der Waals surface area contributed by atoms with Crippen LogP contribution in [0.25, 0.3) is 0 Å². The van der Waals surface area contributed by atoms with Gasteiger partial charge in [0.2, 0.25) is 0 Å². The molecule has 0 bridgehead atoms. The van der Waals surface area contributed by atoms with Gasteiger partial charge in [-0.15, -0.1) is 0 Å². The fourth-order valence-corrected chi connectivity index (χ4v) is 5.64. The first kappa shape index (κ1) is 51.7. The van der Waals surface area contributed by atoms with Crippen LogP contribution in [0.15, 0.2) is 0 Å². The fourth-order valence-electron chi connectivity index (χ4n) is 5.64. The van der Waals surface area contributed by atoms with Crippen LogP contribution in [0.2, 0.25) is 0 Å². The average Bonchev–Trinajstić information content (AvgIpc) is 2.95. The first-order valence-corrected chi connectivity index (χ1v) is 40.6. The summed E-state index contributed by atoms with van der Waals surface area (Å²) in [4.78, 5) is 13.4. The Labute approximate surface area is 350 Å². The summed E-state index contributed by atoms with van der Waals surface area (Å²) >= 11 is 14.6. The van der Waals surface area contributed by atoms with E-state index in [1.807, 2.05) is 6.92 Å². The number of alkyl halides is 2. The zero-order valence-electron chi connectivity index (χ0n) is 27.4. The number of carbonyl (C=O) groups excluding carboxylic acids is 1. The zero-order valence-corrected chi connectivity index (χ0v) is 43.9. The number of ketones is 1. The van der Waals surface area contributed by atoms with Gasteiger partial charge in [-0.05, 0) is 95.1 Å². The number of piperidine rings is 1. The molecule has 0 N–H and O–H groups in total. The number of carbonyl (C=O) groups is 1. The predicted octanol–water partition coefficient (Wildman–Crippen LogP) is 11.6. The quantitative estimate of drug-likeness (QED) is 0.148. The van der Waals surface area contributed by atoms with Gasteiger partial charge in [-0.3, -0.25) is 9.69 Å². The second-order valence-electron chi connectivity index (χ2n) is 12.5. The van der Waals surface area contributed by atoms with E-state index < -0.39 is 0 Å². The van der Waals surface area contributed by atoms with E-state index in [9.17, 15) is 4.79 Å². The molecule has 0 spiro atoms. The van der Waals surface area contributed by atoms with Gasteiger partial charge in [0.1, 0.15) is 5.78 Å². The van der Waals surface area contributed by atoms with Crippen molar-refractivity contribution in [2.75, 3.05) is 15.5 Å². The van der Waals surface area contributed by atoms with Crippen molar-refractivity contribution in [2.45, 2.75) is 150 Å². The molecule has 2 nitrogen and oxygen atoms in total. The van der Waals surface area contributed by atoms with Gasteiger partial charge in [0.25, 0.3) is 0 Å². The molecule has 3 saturated carbocycles. The minimum atomic E-state index is 0.461. The first-order valence-electron chi connectivity index (χ1n) is 15.9. The van der Waals surface area contributed by atoms with E-state index in [0.717, 1.165) is 55.8 Å². The third kappa shape index (κ3) is 33.8. The van der Waals surface area contributed by atoms with E-state index in [1.165, 1.54) is 86.2 Å². The zero-order chi connectivity index (χ0) is 32.8. The molecule has 4 rings (SSSR count). The van der Waals surface area contributed by atoms with Gasteiger partial charge in [-0.25, -0.2) is 0 Å². The van der Waals surface area contributed by atoms with Crippen molar-refractivity contribution in [2.24, 2.45) is 23.7 Å². The molecule has 0 amide bonds. The third-order valence-electron chi connectivity index (χ3n) is 8.62. The van der Waals surface area contributed by atoms with Crippen LogP contribution in [0.3, 0.4) is 0 Å². The Balaban J connectivity index is -0.000000481. The summed E-state index contributed by atoms with van der Waals surface area (Å²) in [5, 5.41) is 0. The number of rotatable bonds is 1. The first-order chi connectivity index (χ1) is 19.9. The number of halogens is 7. The SMILES string of the molecule is CC1CCC(=O)CC1.CC1CCCCC1.CC1CCN(C2(C)CCC(C)CC2)CC1.ICI.I[I-]I.[CH2-]CC.[I][V][I]. The normalized spacial score (nSPS) is 25.0. The molecular formula is C32H62I7NOV-2. The summed E-state index contributed by atoms with van der Waals surface area (Å²) in [7, 11) is 0.628. The van der Waals surface area contributed by atoms with E-state index >= 15 is 0 Å². The summed E-state index contributed by atoms with van der Waals surface area (Å²) in [6.45, 7) is 20.1. The van der Waals surface area contributed by atoms with Crippen LogP contribution in [0.5, 0.6) is 0 Å². The molecule has 0 aromatic rings. The molecule has 1 aliphatic heterocycles. The predicted molar refractivity (Wildman–Crippen MR) is 236 cm³/mol. The Hall–Kier alpha value is 5.32. The van der Waals surface area contributed by atoms with Crippen LogP contribution < -0.4 is 13.3 Å². The maximum atomic E-state index is 10.6. The van der Waals surface area contributed by atoms with Crippen molar-refractivity contribution in [1.82, 2.24) is 4.90 Å². The van der Waals surface area contributed by atoms with Gasteiger partial charge < -0.3 is 6.92 Å². The monoisotopic (exact) mass is 1420 g/mol. The van der Waals surface area contributed by atoms with Crippen molar-refractivity contribution < 1.29 is 27.5 Å². The van der Waals surface area contributed by atoms with Crippen LogP contribution in [0.4, 0.5) is 0 Å². The second-order valence-corrected chi connectivity index (χ2v) is 45.0. The van der Waals surface area contributed by atoms with Gasteiger partial charge in [-0.1, -0.05) is 112 Å². The molecule has 0 atom stereocenters. The Morgan fingerprint density at radius 2 is 1.10 bits per heavy atom.